The number of aromatic nitrogens is 2. The minimum Gasteiger partial charge on any atom is -0.356 e. The van der Waals surface area contributed by atoms with Crippen molar-refractivity contribution in [1.82, 2.24) is 24.7 Å². The average molecular weight is 436 g/mol. The summed E-state index contributed by atoms with van der Waals surface area (Å²) in [5.74, 6) is 0. The summed E-state index contributed by atoms with van der Waals surface area (Å²) in [6, 6.07) is 11.3. The standard InChI is InChI=1S/C23H29N7O2/c1-16-7-8-18(14-24-16)26-22(31)27-20-6-4-5-17-13-19(25-21(17)20)15-29-9-11-30(12-10-29)23(32)28(2)3/h4-8,13-14,25H,9-12,15H2,1-3H3,(H2,26,27,31). The lowest BCUT2D eigenvalue weighted by atomic mass is 10.2. The van der Waals surface area contributed by atoms with Crippen molar-refractivity contribution < 1.29 is 9.59 Å². The molecule has 9 nitrogen and oxygen atoms in total. The first-order valence-corrected chi connectivity index (χ1v) is 10.7. The maximum Gasteiger partial charge on any atom is 0.323 e. The minimum atomic E-state index is -0.319. The van der Waals surface area contributed by atoms with E-state index >= 15 is 0 Å². The molecule has 0 radical (unpaired) electrons. The van der Waals surface area contributed by atoms with Gasteiger partial charge in [-0.25, -0.2) is 9.59 Å². The fraction of sp³-hybridized carbons (Fsp3) is 0.348. The van der Waals surface area contributed by atoms with E-state index < -0.39 is 0 Å². The van der Waals surface area contributed by atoms with Crippen molar-refractivity contribution >= 4 is 34.3 Å². The van der Waals surface area contributed by atoms with E-state index in [1.165, 1.54) is 0 Å². The molecule has 1 aromatic carbocycles. The highest BCUT2D eigenvalue weighted by molar-refractivity contribution is 6.05. The van der Waals surface area contributed by atoms with E-state index in [2.05, 4.69) is 31.6 Å². The Kier molecular flexibility index (Phi) is 6.27. The van der Waals surface area contributed by atoms with Crippen molar-refractivity contribution in [3.63, 3.8) is 0 Å². The number of urea groups is 2. The summed E-state index contributed by atoms with van der Waals surface area (Å²) >= 11 is 0. The van der Waals surface area contributed by atoms with Crippen LogP contribution in [0.1, 0.15) is 11.4 Å². The first-order valence-electron chi connectivity index (χ1n) is 10.7. The predicted molar refractivity (Wildman–Crippen MR) is 126 cm³/mol. The fourth-order valence-electron chi connectivity index (χ4n) is 3.85. The molecule has 3 heterocycles. The number of aromatic amines is 1. The number of carbonyl (C=O) groups excluding carboxylic acids is 2. The van der Waals surface area contributed by atoms with Crippen LogP contribution in [0.3, 0.4) is 0 Å². The molecule has 1 fully saturated rings. The molecular formula is C23H29N7O2. The van der Waals surface area contributed by atoms with Gasteiger partial charge >= 0.3 is 12.1 Å². The SMILES string of the molecule is Cc1ccc(NC(=O)Nc2cccc3cc(CN4CCN(C(=O)N(C)C)CC4)[nH]c23)cn1. The first-order chi connectivity index (χ1) is 15.4. The summed E-state index contributed by atoms with van der Waals surface area (Å²) in [6.45, 7) is 5.76. The lowest BCUT2D eigenvalue weighted by Gasteiger charge is -2.35. The van der Waals surface area contributed by atoms with Crippen molar-refractivity contribution in [2.24, 2.45) is 0 Å². The zero-order valence-electron chi connectivity index (χ0n) is 18.7. The number of piperazine rings is 1. The summed E-state index contributed by atoms with van der Waals surface area (Å²) < 4.78 is 0. The van der Waals surface area contributed by atoms with Crippen LogP contribution < -0.4 is 10.6 Å². The Hall–Kier alpha value is -3.59. The van der Waals surface area contributed by atoms with Crippen LogP contribution in [0.2, 0.25) is 0 Å². The van der Waals surface area contributed by atoms with E-state index in [1.54, 1.807) is 25.2 Å². The van der Waals surface area contributed by atoms with Gasteiger partial charge in [-0.15, -0.1) is 0 Å². The third-order valence-corrected chi connectivity index (χ3v) is 5.55. The van der Waals surface area contributed by atoms with E-state index in [0.29, 0.717) is 11.4 Å². The average Bonchev–Trinajstić information content (AvgIpc) is 3.19. The van der Waals surface area contributed by atoms with E-state index in [9.17, 15) is 9.59 Å². The Bertz CT molecular complexity index is 1100. The van der Waals surface area contributed by atoms with Crippen LogP contribution in [0.4, 0.5) is 21.0 Å². The van der Waals surface area contributed by atoms with Crippen LogP contribution in [-0.2, 0) is 6.54 Å². The monoisotopic (exact) mass is 435 g/mol. The molecule has 0 bridgehead atoms. The highest BCUT2D eigenvalue weighted by atomic mass is 16.2. The van der Waals surface area contributed by atoms with Crippen molar-refractivity contribution in [1.29, 1.82) is 0 Å². The Morgan fingerprint density at radius 2 is 1.88 bits per heavy atom. The topological polar surface area (TPSA) is 96.6 Å². The number of aryl methyl sites for hydroxylation is 1. The summed E-state index contributed by atoms with van der Waals surface area (Å²) in [5.41, 5.74) is 4.21. The molecule has 9 heteroatoms. The number of nitrogens with zero attached hydrogens (tertiary/aromatic N) is 4. The van der Waals surface area contributed by atoms with Crippen LogP contribution in [0.15, 0.2) is 42.6 Å². The number of nitrogens with one attached hydrogen (secondary N) is 3. The molecule has 4 amide bonds. The van der Waals surface area contributed by atoms with Gasteiger partial charge in [-0.05, 0) is 31.2 Å². The molecule has 3 aromatic rings. The molecule has 2 aromatic heterocycles. The number of para-hydroxylation sites is 1. The van der Waals surface area contributed by atoms with Crippen LogP contribution in [0.5, 0.6) is 0 Å². The van der Waals surface area contributed by atoms with Gasteiger partial charge in [0, 0.05) is 63.6 Å². The Morgan fingerprint density at radius 1 is 1.09 bits per heavy atom. The number of hydrogen-bond acceptors (Lipinski definition) is 4. The van der Waals surface area contributed by atoms with Gasteiger partial charge in [0.2, 0.25) is 0 Å². The number of rotatable bonds is 4. The Morgan fingerprint density at radius 3 is 2.56 bits per heavy atom. The fourth-order valence-corrected chi connectivity index (χ4v) is 3.85. The number of benzene rings is 1. The maximum atomic E-state index is 12.5. The quantitative estimate of drug-likeness (QED) is 0.586. The number of carbonyl (C=O) groups is 2. The normalized spacial score (nSPS) is 14.4. The van der Waals surface area contributed by atoms with Gasteiger partial charge in [-0.3, -0.25) is 9.88 Å². The van der Waals surface area contributed by atoms with Crippen molar-refractivity contribution in [3.05, 3.63) is 54.0 Å². The number of fused-ring (bicyclic) bond motifs is 1. The number of amides is 4. The van der Waals surface area contributed by atoms with Gasteiger partial charge in [0.1, 0.15) is 0 Å². The van der Waals surface area contributed by atoms with Crippen LogP contribution in [0, 0.1) is 6.92 Å². The van der Waals surface area contributed by atoms with E-state index in [1.807, 2.05) is 42.2 Å². The number of pyridine rings is 1. The zero-order valence-corrected chi connectivity index (χ0v) is 18.7. The molecule has 0 unspecified atom stereocenters. The molecule has 1 saturated heterocycles. The largest absolute Gasteiger partial charge is 0.356 e. The summed E-state index contributed by atoms with van der Waals surface area (Å²) in [4.78, 5) is 38.1. The number of anilines is 2. The highest BCUT2D eigenvalue weighted by Crippen LogP contribution is 2.25. The molecule has 0 spiro atoms. The Labute approximate surface area is 187 Å². The third-order valence-electron chi connectivity index (χ3n) is 5.55. The molecule has 0 atom stereocenters. The second-order valence-corrected chi connectivity index (χ2v) is 8.27. The van der Waals surface area contributed by atoms with E-state index in [-0.39, 0.29) is 12.1 Å². The van der Waals surface area contributed by atoms with Gasteiger partial charge in [-0.1, -0.05) is 12.1 Å². The van der Waals surface area contributed by atoms with E-state index in [4.69, 9.17) is 0 Å². The zero-order chi connectivity index (χ0) is 22.7. The summed E-state index contributed by atoms with van der Waals surface area (Å²) in [5, 5.41) is 6.77. The maximum absolute atomic E-state index is 12.5. The van der Waals surface area contributed by atoms with Gasteiger partial charge in [0.25, 0.3) is 0 Å². The highest BCUT2D eigenvalue weighted by Gasteiger charge is 2.22. The third kappa shape index (κ3) is 5.00. The summed E-state index contributed by atoms with van der Waals surface area (Å²) in [6.07, 6.45) is 1.63. The lowest BCUT2D eigenvalue weighted by molar-refractivity contribution is 0.119. The molecule has 32 heavy (non-hydrogen) atoms. The van der Waals surface area contributed by atoms with Crippen molar-refractivity contribution in [2.75, 3.05) is 50.9 Å². The number of hydrogen-bond donors (Lipinski definition) is 3. The van der Waals surface area contributed by atoms with Gasteiger partial charge in [0.05, 0.1) is 23.1 Å². The van der Waals surface area contributed by atoms with Crippen LogP contribution in [-0.4, -0.2) is 77.0 Å². The van der Waals surface area contributed by atoms with Gasteiger partial charge < -0.3 is 25.4 Å². The lowest BCUT2D eigenvalue weighted by Crippen LogP contribution is -2.51. The molecule has 0 aliphatic carbocycles. The first kappa shape index (κ1) is 21.6. The second kappa shape index (κ2) is 9.27. The van der Waals surface area contributed by atoms with E-state index in [0.717, 1.165) is 55.0 Å². The molecular weight excluding hydrogens is 406 g/mol. The van der Waals surface area contributed by atoms with Crippen LogP contribution >= 0.6 is 0 Å². The second-order valence-electron chi connectivity index (χ2n) is 8.27. The van der Waals surface area contributed by atoms with Crippen LogP contribution in [0.25, 0.3) is 10.9 Å². The van der Waals surface area contributed by atoms with Crippen molar-refractivity contribution in [2.45, 2.75) is 13.5 Å². The molecule has 3 N–H and O–H groups in total. The minimum absolute atomic E-state index is 0.0608. The molecule has 168 valence electrons. The van der Waals surface area contributed by atoms with Gasteiger partial charge in [-0.2, -0.15) is 0 Å². The number of H-pyrrole nitrogens is 1. The smallest absolute Gasteiger partial charge is 0.323 e. The molecule has 0 saturated carbocycles. The molecule has 4 rings (SSSR count). The summed E-state index contributed by atoms with van der Waals surface area (Å²) in [7, 11) is 3.56. The van der Waals surface area contributed by atoms with Crippen molar-refractivity contribution in [3.8, 4) is 0 Å². The molecule has 1 aliphatic rings. The van der Waals surface area contributed by atoms with Gasteiger partial charge in [0.15, 0.2) is 0 Å². The predicted octanol–water partition coefficient (Wildman–Crippen LogP) is 3.31. The molecule has 1 aliphatic heterocycles. The Balaban J connectivity index is 1.39.